The van der Waals surface area contributed by atoms with E-state index in [9.17, 15) is 0 Å². The number of alkyl halides is 4. The van der Waals surface area contributed by atoms with E-state index in [-0.39, 0.29) is 2.14 Å². The molecule has 12 heavy (non-hydrogen) atoms. The van der Waals surface area contributed by atoms with Crippen molar-refractivity contribution in [2.75, 3.05) is 11.5 Å². The van der Waals surface area contributed by atoms with Gasteiger partial charge in [-0.25, -0.2) is 0 Å². The van der Waals surface area contributed by atoms with Crippen LogP contribution in [0.5, 0.6) is 0 Å². The molecule has 1 aliphatic rings. The lowest BCUT2D eigenvalue weighted by molar-refractivity contribution is 0.887. The highest BCUT2D eigenvalue weighted by Crippen LogP contribution is 2.45. The minimum absolute atomic E-state index is 0.106. The van der Waals surface area contributed by atoms with E-state index in [0.717, 1.165) is 6.42 Å². The van der Waals surface area contributed by atoms with Crippen LogP contribution in [0.1, 0.15) is 6.42 Å². The zero-order chi connectivity index (χ0) is 9.19. The van der Waals surface area contributed by atoms with Crippen molar-refractivity contribution in [3.63, 3.8) is 0 Å². The van der Waals surface area contributed by atoms with Gasteiger partial charge in [0.15, 0.2) is 0 Å². The highest BCUT2D eigenvalue weighted by molar-refractivity contribution is 9.39. The first kappa shape index (κ1) is 12.7. The molecule has 0 aliphatic carbocycles. The Morgan fingerprint density at radius 3 is 2.17 bits per heavy atom. The monoisotopic (exact) mass is 460 g/mol. The van der Waals surface area contributed by atoms with E-state index in [1.54, 1.807) is 0 Å². The van der Waals surface area contributed by atoms with Gasteiger partial charge in [0.2, 0.25) is 0 Å². The fourth-order valence-electron chi connectivity index (χ4n) is 0.903. The standard InChI is InChI=1S/C6H8Br4S2/c7-4(3-6(8,9)10)5-11-1-2-12-5/h4-5H,1-3H2. The minimum atomic E-state index is -0.106. The average molecular weight is 464 g/mol. The molecule has 1 heterocycles. The van der Waals surface area contributed by atoms with Gasteiger partial charge in [0.25, 0.3) is 0 Å². The number of hydrogen-bond donors (Lipinski definition) is 0. The van der Waals surface area contributed by atoms with Gasteiger partial charge in [-0.05, 0) is 6.42 Å². The summed E-state index contributed by atoms with van der Waals surface area (Å²) in [5.74, 6) is 2.58. The average Bonchev–Trinajstić information content (AvgIpc) is 2.32. The molecule has 0 bridgehead atoms. The molecule has 0 aromatic carbocycles. The molecular formula is C6H8Br4S2. The zero-order valence-corrected chi connectivity index (χ0v) is 14.1. The summed E-state index contributed by atoms with van der Waals surface area (Å²) in [7, 11) is 0. The second-order valence-corrected chi connectivity index (χ2v) is 13.7. The predicted octanol–water partition coefficient (Wildman–Crippen LogP) is 4.78. The van der Waals surface area contributed by atoms with Gasteiger partial charge >= 0.3 is 0 Å². The molecule has 0 aromatic heterocycles. The normalized spacial score (nSPS) is 23.0. The summed E-state index contributed by atoms with van der Waals surface area (Å²) in [5, 5.41) is 0. The summed E-state index contributed by atoms with van der Waals surface area (Å²) in [6.07, 6.45) is 1.03. The molecule has 72 valence electrons. The van der Waals surface area contributed by atoms with Gasteiger partial charge in [0.1, 0.15) is 2.14 Å². The molecule has 0 amide bonds. The lowest BCUT2D eigenvalue weighted by Gasteiger charge is -2.20. The maximum Gasteiger partial charge on any atom is 0.136 e. The van der Waals surface area contributed by atoms with Crippen LogP contribution in [0.15, 0.2) is 0 Å². The van der Waals surface area contributed by atoms with Crippen molar-refractivity contribution in [2.45, 2.75) is 18.0 Å². The highest BCUT2D eigenvalue weighted by Gasteiger charge is 2.30. The Hall–Kier alpha value is 2.62. The van der Waals surface area contributed by atoms with E-state index in [1.807, 2.05) is 23.5 Å². The molecule has 1 aliphatic heterocycles. The van der Waals surface area contributed by atoms with E-state index in [2.05, 4.69) is 63.7 Å². The third kappa shape index (κ3) is 4.91. The Balaban J connectivity index is 2.31. The van der Waals surface area contributed by atoms with Gasteiger partial charge in [-0.2, -0.15) is 0 Å². The minimum Gasteiger partial charge on any atom is -0.146 e. The number of hydrogen-bond acceptors (Lipinski definition) is 2. The SMILES string of the molecule is BrC(CC(Br)(Br)Br)C1SCCS1. The molecule has 1 atom stereocenters. The van der Waals surface area contributed by atoms with Crippen LogP contribution in [0.2, 0.25) is 0 Å². The molecule has 0 radical (unpaired) electrons. The molecule has 0 spiro atoms. The summed E-state index contributed by atoms with van der Waals surface area (Å²) in [4.78, 5) is 0.549. The number of thioether (sulfide) groups is 2. The van der Waals surface area contributed by atoms with E-state index < -0.39 is 0 Å². The summed E-state index contributed by atoms with van der Waals surface area (Å²) >= 11 is 18.3. The quantitative estimate of drug-likeness (QED) is 0.540. The molecule has 1 fully saturated rings. The summed E-state index contributed by atoms with van der Waals surface area (Å²) in [5.41, 5.74) is 0. The van der Waals surface area contributed by atoms with Crippen molar-refractivity contribution in [3.05, 3.63) is 0 Å². The molecule has 1 saturated heterocycles. The zero-order valence-electron chi connectivity index (χ0n) is 6.10. The van der Waals surface area contributed by atoms with Crippen molar-refractivity contribution in [1.29, 1.82) is 0 Å². The largest absolute Gasteiger partial charge is 0.146 e. The predicted molar refractivity (Wildman–Crippen MR) is 75.5 cm³/mol. The first-order chi connectivity index (χ1) is 5.49. The van der Waals surface area contributed by atoms with Crippen molar-refractivity contribution >= 4 is 87.2 Å². The van der Waals surface area contributed by atoms with Crippen LogP contribution in [0, 0.1) is 0 Å². The fraction of sp³-hybridized carbons (Fsp3) is 1.00. The van der Waals surface area contributed by atoms with Crippen LogP contribution in [0.3, 0.4) is 0 Å². The second-order valence-electron chi connectivity index (χ2n) is 2.45. The first-order valence-electron chi connectivity index (χ1n) is 3.43. The summed E-state index contributed by atoms with van der Waals surface area (Å²) in [6.45, 7) is 0. The highest BCUT2D eigenvalue weighted by atomic mass is 80.0. The lowest BCUT2D eigenvalue weighted by Crippen LogP contribution is -2.17. The van der Waals surface area contributed by atoms with Crippen LogP contribution in [0.4, 0.5) is 0 Å². The van der Waals surface area contributed by atoms with E-state index >= 15 is 0 Å². The molecule has 0 N–H and O–H groups in total. The third-order valence-electron chi connectivity index (χ3n) is 1.37. The Bertz CT molecular complexity index is 141. The second kappa shape index (κ2) is 5.64. The van der Waals surface area contributed by atoms with Gasteiger partial charge in [0, 0.05) is 16.3 Å². The van der Waals surface area contributed by atoms with Gasteiger partial charge in [0.05, 0.1) is 4.58 Å². The van der Waals surface area contributed by atoms with Crippen molar-refractivity contribution in [3.8, 4) is 0 Å². The Morgan fingerprint density at radius 1 is 1.25 bits per heavy atom. The Labute approximate surface area is 115 Å². The molecule has 0 saturated carbocycles. The molecular weight excluding hydrogens is 456 g/mol. The Kier molecular flexibility index (Phi) is 5.96. The van der Waals surface area contributed by atoms with Crippen LogP contribution in [-0.4, -0.2) is 23.1 Å². The van der Waals surface area contributed by atoms with Crippen molar-refractivity contribution in [2.24, 2.45) is 0 Å². The van der Waals surface area contributed by atoms with Crippen LogP contribution >= 0.6 is 87.2 Å². The van der Waals surface area contributed by atoms with E-state index in [0.29, 0.717) is 9.41 Å². The number of halogens is 4. The molecule has 1 rings (SSSR count). The van der Waals surface area contributed by atoms with Gasteiger partial charge in [-0.15, -0.1) is 23.5 Å². The van der Waals surface area contributed by atoms with Gasteiger partial charge < -0.3 is 0 Å². The topological polar surface area (TPSA) is 0 Å². The number of rotatable bonds is 2. The molecule has 1 unspecified atom stereocenters. The molecule has 0 aromatic rings. The van der Waals surface area contributed by atoms with Crippen molar-refractivity contribution < 1.29 is 0 Å². The molecule has 6 heteroatoms. The maximum atomic E-state index is 3.71. The van der Waals surface area contributed by atoms with Crippen LogP contribution in [-0.2, 0) is 0 Å². The summed E-state index contributed by atoms with van der Waals surface area (Å²) in [6, 6.07) is 0. The van der Waals surface area contributed by atoms with E-state index in [4.69, 9.17) is 0 Å². The summed E-state index contributed by atoms with van der Waals surface area (Å²) < 4.78 is 0.599. The molecule has 0 nitrogen and oxygen atoms in total. The van der Waals surface area contributed by atoms with Crippen LogP contribution < -0.4 is 0 Å². The van der Waals surface area contributed by atoms with E-state index in [1.165, 1.54) is 11.5 Å². The fourth-order valence-corrected chi connectivity index (χ4v) is 7.46. The maximum absolute atomic E-state index is 3.71. The third-order valence-corrected chi connectivity index (χ3v) is 7.16. The lowest BCUT2D eigenvalue weighted by atomic mass is 10.4. The smallest absolute Gasteiger partial charge is 0.136 e. The van der Waals surface area contributed by atoms with Crippen molar-refractivity contribution in [1.82, 2.24) is 0 Å². The first-order valence-corrected chi connectivity index (χ1v) is 8.82. The Morgan fingerprint density at radius 2 is 1.75 bits per heavy atom. The van der Waals surface area contributed by atoms with Gasteiger partial charge in [-0.3, -0.25) is 0 Å². The van der Waals surface area contributed by atoms with Crippen LogP contribution in [0.25, 0.3) is 0 Å². The van der Waals surface area contributed by atoms with Gasteiger partial charge in [-0.1, -0.05) is 63.7 Å².